The smallest absolute Gasteiger partial charge is 1.00 e. The monoisotopic (exact) mass is 356 g/mol. The van der Waals surface area contributed by atoms with Gasteiger partial charge in [-0.05, 0) is 5.57 Å². The second kappa shape index (κ2) is 5.88. The largest absolute Gasteiger partial charge is 2.00 e. The van der Waals surface area contributed by atoms with Gasteiger partial charge in [0.15, 0.2) is 0 Å². The Kier molecular flexibility index (Phi) is 7.49. The van der Waals surface area contributed by atoms with Crippen molar-refractivity contribution in [1.29, 1.82) is 0 Å². The van der Waals surface area contributed by atoms with Crippen LogP contribution in [0.1, 0.15) is 2.85 Å². The summed E-state index contributed by atoms with van der Waals surface area (Å²) in [7, 11) is -8.54. The van der Waals surface area contributed by atoms with Crippen LogP contribution in [-0.2, 0) is 20.2 Å². The van der Waals surface area contributed by atoms with Crippen molar-refractivity contribution in [3.63, 3.8) is 0 Å². The predicted octanol–water partition coefficient (Wildman–Crippen LogP) is -0.838. The van der Waals surface area contributed by atoms with Crippen molar-refractivity contribution in [3.8, 4) is 0 Å². The van der Waals surface area contributed by atoms with E-state index in [0.29, 0.717) is 0 Å². The van der Waals surface area contributed by atoms with Crippen LogP contribution in [0.5, 0.6) is 0 Å². The molecule has 0 unspecified atom stereocenters. The molecule has 0 amide bonds. The van der Waals surface area contributed by atoms with Gasteiger partial charge in [0.25, 0.3) is 20.2 Å². The van der Waals surface area contributed by atoms with Gasteiger partial charge in [-0.1, -0.05) is 6.58 Å². The summed E-state index contributed by atoms with van der Waals surface area (Å²) in [6.07, 6.45) is 0. The molecule has 0 bridgehead atoms. The van der Waals surface area contributed by atoms with Gasteiger partial charge < -0.3 is 2.85 Å². The first-order valence-electron chi connectivity index (χ1n) is 2.67. The molecular weight excluding hydrogens is 346 g/mol. The summed E-state index contributed by atoms with van der Waals surface area (Å²) in [6, 6.07) is 0. The molecule has 0 aromatic heterocycles. The topological polar surface area (TPSA) is 109 Å². The molecule has 0 atom stereocenters. The molecule has 9 heteroatoms. The zero-order chi connectivity index (χ0) is 9.99. The van der Waals surface area contributed by atoms with Crippen LogP contribution >= 0.6 is 0 Å². The van der Waals surface area contributed by atoms with E-state index in [1.807, 2.05) is 0 Å². The summed E-state index contributed by atoms with van der Waals surface area (Å²) in [4.78, 5) is 0. The van der Waals surface area contributed by atoms with Crippen LogP contribution in [0.4, 0.5) is 0 Å². The molecule has 0 saturated heterocycles. The summed E-state index contributed by atoms with van der Waals surface area (Å²) in [5.41, 5.74) is -0.292. The summed E-state index contributed by atoms with van der Waals surface area (Å²) in [6.45, 7) is 3.05. The second-order valence-corrected chi connectivity index (χ2v) is 5.11. The van der Waals surface area contributed by atoms with Gasteiger partial charge in [0, 0.05) is 0 Å². The first-order valence-corrected chi connectivity index (χ1v) is 5.89. The van der Waals surface area contributed by atoms with E-state index in [2.05, 4.69) is 6.58 Å². The Morgan fingerprint density at radius 3 is 1.46 bits per heavy atom. The molecule has 0 fully saturated rings. The van der Waals surface area contributed by atoms with E-state index in [4.69, 9.17) is 9.11 Å². The van der Waals surface area contributed by atoms with Gasteiger partial charge in [0.1, 0.15) is 0 Å². The van der Waals surface area contributed by atoms with E-state index >= 15 is 0 Å². The Morgan fingerprint density at radius 2 is 1.31 bits per heavy atom. The number of hydrogen-bond acceptors (Lipinski definition) is 4. The molecular formula is C4H10BaO6S2. The number of hydrogen-bond donors (Lipinski definition) is 2. The minimum absolute atomic E-state index is 0. The standard InChI is InChI=1S/C4H8O6S2.Ba.2H/c1-4(2-11(5,6)7)3-12(8,9)10;;;/h1-3H2,(H,5,6,7)(H,8,9,10);;;/q;+2;2*-1. The molecule has 6 nitrogen and oxygen atoms in total. The number of rotatable bonds is 4. The van der Waals surface area contributed by atoms with E-state index in [1.165, 1.54) is 0 Å². The van der Waals surface area contributed by atoms with E-state index in [-0.39, 0.29) is 57.3 Å². The first-order chi connectivity index (χ1) is 5.10. The minimum atomic E-state index is -4.27. The minimum Gasteiger partial charge on any atom is -1.00 e. The second-order valence-electron chi connectivity index (χ2n) is 2.20. The Morgan fingerprint density at radius 1 is 1.08 bits per heavy atom. The first kappa shape index (κ1) is 16.6. The van der Waals surface area contributed by atoms with Crippen LogP contribution in [0, 0.1) is 0 Å². The Balaban J connectivity index is -0.000000202. The molecule has 0 aliphatic heterocycles. The SMILES string of the molecule is C=C(CS(=O)(=O)O)CS(=O)(=O)O.[Ba+2].[H-].[H-]. The zero-order valence-corrected chi connectivity index (χ0v) is 12.7. The Labute approximate surface area is 120 Å². The fourth-order valence-corrected chi connectivity index (χ4v) is 1.92. The molecule has 0 aliphatic carbocycles. The molecule has 0 aliphatic rings. The molecule has 0 heterocycles. The van der Waals surface area contributed by atoms with Crippen molar-refractivity contribution in [3.05, 3.63) is 12.2 Å². The quantitative estimate of drug-likeness (QED) is 0.387. The maximum Gasteiger partial charge on any atom is 2.00 e. The predicted molar refractivity (Wildman–Crippen MR) is 49.9 cm³/mol. The Hall–Kier alpha value is 1.13. The summed E-state index contributed by atoms with van der Waals surface area (Å²) in [5, 5.41) is 0. The van der Waals surface area contributed by atoms with Crippen LogP contribution in [0.2, 0.25) is 0 Å². The molecule has 13 heavy (non-hydrogen) atoms. The summed E-state index contributed by atoms with van der Waals surface area (Å²) >= 11 is 0. The van der Waals surface area contributed by atoms with Crippen molar-refractivity contribution in [1.82, 2.24) is 0 Å². The molecule has 0 aromatic carbocycles. The van der Waals surface area contributed by atoms with Crippen LogP contribution in [0.25, 0.3) is 0 Å². The van der Waals surface area contributed by atoms with E-state index in [1.54, 1.807) is 0 Å². The average molecular weight is 356 g/mol. The fourth-order valence-electron chi connectivity index (χ4n) is 0.558. The Bertz CT molecular complexity index is 338. The van der Waals surface area contributed by atoms with Crippen LogP contribution in [0.3, 0.4) is 0 Å². The van der Waals surface area contributed by atoms with Gasteiger partial charge in [-0.2, -0.15) is 16.8 Å². The van der Waals surface area contributed by atoms with Crippen LogP contribution in [0.15, 0.2) is 12.2 Å². The summed E-state index contributed by atoms with van der Waals surface area (Å²) < 4.78 is 57.0. The molecule has 2 N–H and O–H groups in total. The van der Waals surface area contributed by atoms with Gasteiger partial charge in [0.05, 0.1) is 11.5 Å². The van der Waals surface area contributed by atoms with Gasteiger partial charge in [-0.25, -0.2) is 0 Å². The molecule has 0 spiro atoms. The zero-order valence-electron chi connectivity index (χ0n) is 8.67. The van der Waals surface area contributed by atoms with Crippen LogP contribution < -0.4 is 0 Å². The van der Waals surface area contributed by atoms with Crippen molar-refractivity contribution in [2.24, 2.45) is 0 Å². The third-order valence-electron chi connectivity index (χ3n) is 0.773. The molecule has 0 aromatic rings. The van der Waals surface area contributed by atoms with Gasteiger partial charge in [-0.15, -0.1) is 0 Å². The molecule has 0 saturated carbocycles. The third-order valence-corrected chi connectivity index (χ3v) is 2.32. The normalized spacial score (nSPS) is 11.8. The van der Waals surface area contributed by atoms with Gasteiger partial charge in [-0.3, -0.25) is 9.11 Å². The van der Waals surface area contributed by atoms with Gasteiger partial charge in [0.2, 0.25) is 0 Å². The molecule has 0 rings (SSSR count). The van der Waals surface area contributed by atoms with E-state index < -0.39 is 31.7 Å². The van der Waals surface area contributed by atoms with E-state index in [0.717, 1.165) is 0 Å². The maximum absolute atomic E-state index is 10.1. The van der Waals surface area contributed by atoms with Crippen molar-refractivity contribution < 1.29 is 28.8 Å². The van der Waals surface area contributed by atoms with Crippen molar-refractivity contribution in [2.75, 3.05) is 11.5 Å². The van der Waals surface area contributed by atoms with Crippen molar-refractivity contribution >= 4 is 69.1 Å². The van der Waals surface area contributed by atoms with Crippen molar-refractivity contribution in [2.45, 2.75) is 0 Å². The maximum atomic E-state index is 10.1. The van der Waals surface area contributed by atoms with Crippen LogP contribution in [-0.4, -0.2) is 86.3 Å². The fraction of sp³-hybridized carbons (Fsp3) is 0.500. The third kappa shape index (κ3) is 13.1. The summed E-state index contributed by atoms with van der Waals surface area (Å²) in [5.74, 6) is -1.74. The van der Waals surface area contributed by atoms with Gasteiger partial charge >= 0.3 is 48.9 Å². The molecule has 76 valence electrons. The molecule has 0 radical (unpaired) electrons. The van der Waals surface area contributed by atoms with E-state index in [9.17, 15) is 16.8 Å². The average Bonchev–Trinajstić information content (AvgIpc) is 1.49.